The normalized spacial score (nSPS) is 21.5. The van der Waals surface area contributed by atoms with Crippen molar-refractivity contribution in [3.8, 4) is 0 Å². The molecule has 0 amide bonds. The zero-order valence-corrected chi connectivity index (χ0v) is 12.1. The smallest absolute Gasteiger partial charge is 0.0727 e. The third kappa shape index (κ3) is 1.85. The molecule has 1 saturated carbocycles. The van der Waals surface area contributed by atoms with Gasteiger partial charge in [-0.05, 0) is 53.4 Å². The fourth-order valence-electron chi connectivity index (χ4n) is 3.33. The quantitative estimate of drug-likeness (QED) is 0.780. The molecule has 1 N–H and O–H groups in total. The van der Waals surface area contributed by atoms with Crippen LogP contribution in [0.4, 0.5) is 11.4 Å². The Kier molecular flexibility index (Phi) is 2.62. The Morgan fingerprint density at radius 2 is 2.00 bits per heavy atom. The molecule has 17 heavy (non-hydrogen) atoms. The van der Waals surface area contributed by atoms with E-state index in [1.807, 2.05) is 0 Å². The fraction of sp³-hybridized carbons (Fsp3) is 0.571. The Morgan fingerprint density at radius 1 is 1.29 bits per heavy atom. The largest absolute Gasteiger partial charge is 0.375 e. The van der Waals surface area contributed by atoms with Crippen LogP contribution in [0.1, 0.15) is 31.2 Å². The van der Waals surface area contributed by atoms with E-state index in [2.05, 4.69) is 52.3 Å². The molecule has 1 aliphatic heterocycles. The highest BCUT2D eigenvalue weighted by Gasteiger charge is 2.39. The van der Waals surface area contributed by atoms with Crippen molar-refractivity contribution in [1.82, 2.24) is 0 Å². The van der Waals surface area contributed by atoms with Gasteiger partial charge >= 0.3 is 0 Å². The van der Waals surface area contributed by atoms with Gasteiger partial charge in [0.2, 0.25) is 0 Å². The van der Waals surface area contributed by atoms with E-state index in [1.165, 1.54) is 47.1 Å². The van der Waals surface area contributed by atoms with Crippen molar-refractivity contribution in [2.45, 2.75) is 38.1 Å². The van der Waals surface area contributed by atoms with Gasteiger partial charge in [0.05, 0.1) is 16.9 Å². The number of fused-ring (bicyclic) bond motifs is 1. The zero-order chi connectivity index (χ0) is 12.0. The van der Waals surface area contributed by atoms with Gasteiger partial charge in [-0.3, -0.25) is 0 Å². The number of hydrogen-bond acceptors (Lipinski definition) is 2. The van der Waals surface area contributed by atoms with Crippen LogP contribution in [0.5, 0.6) is 0 Å². The molecular weight excluding hydrogens is 276 g/mol. The molecule has 92 valence electrons. The lowest BCUT2D eigenvalue weighted by Gasteiger charge is -2.43. The summed E-state index contributed by atoms with van der Waals surface area (Å²) in [6.07, 6.45) is 5.33. The van der Waals surface area contributed by atoms with Crippen LogP contribution >= 0.6 is 15.9 Å². The molecule has 1 aliphatic carbocycles. The summed E-state index contributed by atoms with van der Waals surface area (Å²) in [5, 5.41) is 3.81. The molecule has 0 aromatic heterocycles. The van der Waals surface area contributed by atoms with Crippen molar-refractivity contribution in [1.29, 1.82) is 0 Å². The fourth-order valence-corrected chi connectivity index (χ4v) is 3.99. The summed E-state index contributed by atoms with van der Waals surface area (Å²) in [4.78, 5) is 2.41. The molecule has 2 aliphatic rings. The van der Waals surface area contributed by atoms with Gasteiger partial charge in [0.1, 0.15) is 0 Å². The van der Waals surface area contributed by atoms with Gasteiger partial charge < -0.3 is 10.2 Å². The molecule has 1 aromatic rings. The highest BCUT2D eigenvalue weighted by molar-refractivity contribution is 9.10. The van der Waals surface area contributed by atoms with Crippen LogP contribution in [0.15, 0.2) is 16.6 Å². The third-order valence-corrected chi connectivity index (χ3v) is 4.74. The van der Waals surface area contributed by atoms with Crippen molar-refractivity contribution in [3.63, 3.8) is 0 Å². The van der Waals surface area contributed by atoms with Crippen molar-refractivity contribution >= 4 is 27.3 Å². The van der Waals surface area contributed by atoms with E-state index in [-0.39, 0.29) is 0 Å². The van der Waals surface area contributed by atoms with E-state index in [0.29, 0.717) is 5.54 Å². The summed E-state index contributed by atoms with van der Waals surface area (Å²) in [7, 11) is 2.21. The van der Waals surface area contributed by atoms with Gasteiger partial charge in [0.15, 0.2) is 0 Å². The van der Waals surface area contributed by atoms with Gasteiger partial charge in [0.25, 0.3) is 0 Å². The summed E-state index contributed by atoms with van der Waals surface area (Å²) in [6.45, 7) is 3.29. The Labute approximate surface area is 112 Å². The van der Waals surface area contributed by atoms with Gasteiger partial charge in [-0.25, -0.2) is 0 Å². The van der Waals surface area contributed by atoms with Crippen LogP contribution in [-0.4, -0.2) is 19.1 Å². The zero-order valence-electron chi connectivity index (χ0n) is 10.5. The van der Waals surface area contributed by atoms with E-state index < -0.39 is 0 Å². The molecule has 1 spiro atoms. The first kappa shape index (κ1) is 11.4. The minimum atomic E-state index is 0.319. The second-order valence-electron chi connectivity index (χ2n) is 5.61. The van der Waals surface area contributed by atoms with Gasteiger partial charge in [0, 0.05) is 18.1 Å². The Bertz CT molecular complexity index is 450. The molecule has 1 fully saturated rings. The van der Waals surface area contributed by atoms with Crippen LogP contribution < -0.4 is 10.2 Å². The van der Waals surface area contributed by atoms with Crippen LogP contribution in [0, 0.1) is 6.92 Å². The maximum Gasteiger partial charge on any atom is 0.0727 e. The lowest BCUT2D eigenvalue weighted by molar-refractivity contribution is 0.472. The highest BCUT2D eigenvalue weighted by Crippen LogP contribution is 2.44. The number of likely N-dealkylation sites (N-methyl/N-ethyl adjacent to an activating group) is 1. The van der Waals surface area contributed by atoms with E-state index in [9.17, 15) is 0 Å². The van der Waals surface area contributed by atoms with Crippen LogP contribution in [0.2, 0.25) is 0 Å². The maximum atomic E-state index is 3.81. The minimum Gasteiger partial charge on any atom is -0.375 e. The summed E-state index contributed by atoms with van der Waals surface area (Å²) in [6, 6.07) is 4.47. The Balaban J connectivity index is 2.06. The minimum absolute atomic E-state index is 0.319. The Hall–Kier alpha value is -0.700. The second-order valence-corrected chi connectivity index (χ2v) is 6.46. The molecule has 3 rings (SSSR count). The molecule has 0 unspecified atom stereocenters. The van der Waals surface area contributed by atoms with Gasteiger partial charge in [-0.15, -0.1) is 0 Å². The third-order valence-electron chi connectivity index (χ3n) is 4.12. The number of benzene rings is 1. The van der Waals surface area contributed by atoms with Crippen LogP contribution in [0.3, 0.4) is 0 Å². The summed E-state index contributed by atoms with van der Waals surface area (Å²) in [5.41, 5.74) is 4.24. The molecule has 1 aromatic carbocycles. The summed E-state index contributed by atoms with van der Waals surface area (Å²) >= 11 is 3.70. The lowest BCUT2D eigenvalue weighted by atomic mass is 9.93. The molecule has 2 nitrogen and oxygen atoms in total. The van der Waals surface area contributed by atoms with Gasteiger partial charge in [-0.2, -0.15) is 0 Å². The van der Waals surface area contributed by atoms with Crippen LogP contribution in [0.25, 0.3) is 0 Å². The topological polar surface area (TPSA) is 15.3 Å². The molecule has 1 heterocycles. The predicted molar refractivity (Wildman–Crippen MR) is 77.0 cm³/mol. The molecule has 3 heteroatoms. The number of aryl methyl sites for hydroxylation is 1. The van der Waals surface area contributed by atoms with E-state index in [0.717, 1.165) is 6.54 Å². The van der Waals surface area contributed by atoms with E-state index in [4.69, 9.17) is 0 Å². The van der Waals surface area contributed by atoms with Crippen LogP contribution in [-0.2, 0) is 0 Å². The van der Waals surface area contributed by atoms with Crippen molar-refractivity contribution < 1.29 is 0 Å². The van der Waals surface area contributed by atoms with Crippen molar-refractivity contribution in [2.24, 2.45) is 0 Å². The van der Waals surface area contributed by atoms with Crippen molar-refractivity contribution in [2.75, 3.05) is 23.8 Å². The number of anilines is 2. The highest BCUT2D eigenvalue weighted by atomic mass is 79.9. The lowest BCUT2D eigenvalue weighted by Crippen LogP contribution is -2.49. The average Bonchev–Trinajstić information content (AvgIpc) is 2.69. The predicted octanol–water partition coefficient (Wildman–Crippen LogP) is 3.93. The first-order valence-corrected chi connectivity index (χ1v) is 7.18. The Morgan fingerprint density at radius 3 is 2.71 bits per heavy atom. The molecule has 0 atom stereocenters. The number of nitrogens with zero attached hydrogens (tertiary/aromatic N) is 1. The number of hydrogen-bond donors (Lipinski definition) is 1. The SMILES string of the molecule is Cc1cc(Br)c2c(c1)N(C)CC1(CCCC1)N2. The van der Waals surface area contributed by atoms with Crippen molar-refractivity contribution in [3.05, 3.63) is 22.2 Å². The summed E-state index contributed by atoms with van der Waals surface area (Å²) < 4.78 is 1.20. The number of rotatable bonds is 0. The number of nitrogens with one attached hydrogen (secondary N) is 1. The number of halogens is 1. The second kappa shape index (κ2) is 3.91. The molecule has 0 bridgehead atoms. The van der Waals surface area contributed by atoms with E-state index >= 15 is 0 Å². The molecular formula is C14H19BrN2. The first-order valence-electron chi connectivity index (χ1n) is 6.39. The van der Waals surface area contributed by atoms with E-state index in [1.54, 1.807) is 0 Å². The van der Waals surface area contributed by atoms with Gasteiger partial charge in [-0.1, -0.05) is 12.8 Å². The molecule has 0 saturated heterocycles. The standard InChI is InChI=1S/C14H19BrN2/c1-10-7-11(15)13-12(8-10)17(2)9-14(16-13)5-3-4-6-14/h7-8,16H,3-6,9H2,1-2H3. The summed E-state index contributed by atoms with van der Waals surface area (Å²) in [5.74, 6) is 0. The average molecular weight is 295 g/mol. The first-order chi connectivity index (χ1) is 8.10. The maximum absolute atomic E-state index is 3.81. The molecule has 0 radical (unpaired) electrons. The monoisotopic (exact) mass is 294 g/mol.